The Morgan fingerprint density at radius 1 is 0.771 bits per heavy atom. The van der Waals surface area contributed by atoms with E-state index in [1.165, 1.54) is 34.1 Å². The fourth-order valence-electron chi connectivity index (χ4n) is 10.4. The highest BCUT2D eigenvalue weighted by molar-refractivity contribution is 8.54. The number of imidazole rings is 2. The Labute approximate surface area is 475 Å². The molecule has 5 aromatic heterocycles. The number of ether oxygens (including phenoxy) is 4. The molecule has 83 heavy (non-hydrogen) atoms. The molecule has 2 radical (unpaired) electrons. The number of benzene rings is 4. The number of esters is 1. The lowest BCUT2D eigenvalue weighted by atomic mass is 9.96. The quantitative estimate of drug-likeness (QED) is 0.0533. The highest BCUT2D eigenvalue weighted by Gasteiger charge is 2.55. The van der Waals surface area contributed by atoms with Gasteiger partial charge in [-0.2, -0.15) is 0 Å². The summed E-state index contributed by atoms with van der Waals surface area (Å²) < 4.78 is 115. The average molecular weight is 1190 g/mol. The van der Waals surface area contributed by atoms with Crippen molar-refractivity contribution in [1.82, 2.24) is 49.0 Å². The molecule has 3 fully saturated rings. The predicted octanol–water partition coefficient (Wildman–Crippen LogP) is 8.22. The predicted molar refractivity (Wildman–Crippen MR) is 300 cm³/mol. The van der Waals surface area contributed by atoms with Crippen LogP contribution in [-0.4, -0.2) is 126 Å². The minimum absolute atomic E-state index is 0.0170. The third-order valence-corrected chi connectivity index (χ3v) is 19.2. The topological polar surface area (TPSA) is 285 Å². The van der Waals surface area contributed by atoms with E-state index in [1.807, 2.05) is 28.9 Å². The van der Waals surface area contributed by atoms with Gasteiger partial charge in [-0.1, -0.05) is 59.8 Å². The van der Waals surface area contributed by atoms with Crippen molar-refractivity contribution in [1.29, 1.82) is 0 Å². The number of hydrogen-bond donors (Lipinski definition) is 2. The van der Waals surface area contributed by atoms with Gasteiger partial charge in [0.05, 0.1) is 49.4 Å². The summed E-state index contributed by atoms with van der Waals surface area (Å²) in [6, 6.07) is 30.8. The Kier molecular flexibility index (Phi) is 14.6. The molecule has 24 nitrogen and oxygen atoms in total. The number of pyridine rings is 1. The van der Waals surface area contributed by atoms with E-state index in [0.717, 1.165) is 46.6 Å². The molecular formula is C53H48BF2N13O11P2S. The number of carbonyl (C=O) groups excluding carboxylic acids is 1. The van der Waals surface area contributed by atoms with Crippen LogP contribution in [0.1, 0.15) is 33.9 Å². The molecule has 4 aromatic carbocycles. The van der Waals surface area contributed by atoms with E-state index < -0.39 is 82.7 Å². The maximum absolute atomic E-state index is 17.0. The number of para-hydroxylation sites is 1. The maximum Gasteiger partial charge on any atom is 0.389 e. The van der Waals surface area contributed by atoms with Crippen LogP contribution in [0.3, 0.4) is 0 Å². The van der Waals surface area contributed by atoms with Crippen LogP contribution in [0.2, 0.25) is 0 Å². The van der Waals surface area contributed by atoms with Gasteiger partial charge in [0.2, 0.25) is 7.57 Å². The van der Waals surface area contributed by atoms with Crippen molar-refractivity contribution >= 4 is 78.7 Å². The Bertz CT molecular complexity index is 4020. The monoisotopic (exact) mass is 1190 g/mol. The van der Waals surface area contributed by atoms with Gasteiger partial charge >= 0.3 is 12.8 Å². The maximum atomic E-state index is 17.0. The number of hydrogen-bond acceptors (Lipinski definition) is 22. The molecule has 9 aromatic rings. The normalized spacial score (nSPS) is 26.1. The van der Waals surface area contributed by atoms with Crippen LogP contribution >= 0.6 is 25.7 Å². The molecule has 10 atom stereocenters. The van der Waals surface area contributed by atoms with Crippen LogP contribution in [0, 0.1) is 0 Å². The molecule has 424 valence electrons. The number of halogens is 2. The molecule has 0 unspecified atom stereocenters. The van der Waals surface area contributed by atoms with Gasteiger partial charge in [0, 0.05) is 42.4 Å². The zero-order valence-corrected chi connectivity index (χ0v) is 46.3. The van der Waals surface area contributed by atoms with Crippen LogP contribution in [0.5, 0.6) is 11.5 Å². The summed E-state index contributed by atoms with van der Waals surface area (Å²) in [6.45, 7) is -4.69. The second-order valence-electron chi connectivity index (χ2n) is 19.8. The molecule has 3 saturated heterocycles. The van der Waals surface area contributed by atoms with Crippen molar-refractivity contribution in [3.05, 3.63) is 145 Å². The lowest BCUT2D eigenvalue weighted by molar-refractivity contribution is -0.0546. The first kappa shape index (κ1) is 54.6. The van der Waals surface area contributed by atoms with Crippen LogP contribution in [-0.2, 0) is 55.5 Å². The molecule has 0 aliphatic carbocycles. The number of nitrogens with zero attached hydrogens (tertiary/aromatic N) is 11. The number of anilines is 3. The Balaban J connectivity index is 0.690. The standard InChI is InChI=1S/C53H48BF2N13O11P2S/c1-66-22-31-6-2-3-7-34(31)42-45(35-8-4-5-9-37(35)66)69(65-64-42)20-21-73-32-16-12-30(13-17-32)53(70)76-33-14-10-29(11-15-33)25-83-82(72)75-24-39-46(40(55)51(78-39)68-28-63-44-48(58)60-26-61-50(44)68)79-81(54,71)74-23-38-47(80-82)41(56)52(77-38)67-27-62-43-36(57)18-19-59-49(43)67/h2-19,26-28,38-41,46-47,51-52H,20-25H2,1H3,(H2,57,59)(H2,58,60,61)/t38-,39-,40-,41-,46-,47-,51-,52-,81+,82+/m1/s1. The number of rotatable bonds is 11. The van der Waals surface area contributed by atoms with E-state index in [4.69, 9.17) is 56.1 Å². The van der Waals surface area contributed by atoms with Crippen molar-refractivity contribution in [3.8, 4) is 34.0 Å². The number of aromatic nitrogens is 10. The van der Waals surface area contributed by atoms with Crippen LogP contribution in [0.25, 0.3) is 44.8 Å². The lowest BCUT2D eigenvalue weighted by Gasteiger charge is -2.30. The third kappa shape index (κ3) is 10.6. The van der Waals surface area contributed by atoms with E-state index in [9.17, 15) is 9.36 Å². The number of fused-ring (bicyclic) bond motifs is 9. The van der Waals surface area contributed by atoms with Crippen molar-refractivity contribution in [2.24, 2.45) is 0 Å². The molecule has 0 saturated carbocycles. The third-order valence-electron chi connectivity index (χ3n) is 14.5. The molecule has 0 bridgehead atoms. The molecular weight excluding hydrogens is 1140 g/mol. The SMILES string of the molecule is [B][P@]1(=O)OC[C@H]2O[C@@H](n3cnc4c(N)ccnc43)[C@H](F)[C@@H]2O[P@@](=O)(SCc2ccc(OC(=O)c3ccc(OCCn4nnc5c4-c4ccccc4N(C)Cc4ccccc4-5)cc3)cc2)OC[C@H]2O[C@@H](n3cnc4c(N)ncnc43)[C@H](F)[C@@H]2O1. The van der Waals surface area contributed by atoms with Gasteiger partial charge in [0.15, 0.2) is 41.9 Å². The van der Waals surface area contributed by atoms with Crippen molar-refractivity contribution < 1.29 is 59.7 Å². The summed E-state index contributed by atoms with van der Waals surface area (Å²) in [5, 5.41) is 9.19. The number of nitrogen functional groups attached to an aromatic ring is 2. The summed E-state index contributed by atoms with van der Waals surface area (Å²) in [6.07, 6.45) is -8.71. The summed E-state index contributed by atoms with van der Waals surface area (Å²) >= 11 is 0.675. The number of carbonyl (C=O) groups is 1. The Morgan fingerprint density at radius 2 is 1.43 bits per heavy atom. The van der Waals surface area contributed by atoms with Crippen LogP contribution in [0.15, 0.2) is 128 Å². The summed E-state index contributed by atoms with van der Waals surface area (Å²) in [4.78, 5) is 36.5. The first-order chi connectivity index (χ1) is 40.2. The molecule has 4 aliphatic heterocycles. The molecule has 30 heteroatoms. The smallest absolute Gasteiger partial charge is 0.389 e. The fraction of sp³-hybridized carbons (Fsp3) is 0.283. The van der Waals surface area contributed by atoms with Crippen LogP contribution < -0.4 is 25.8 Å². The lowest BCUT2D eigenvalue weighted by Crippen LogP contribution is -2.37. The molecule has 4 aliphatic rings. The number of alkyl halides is 2. The van der Waals surface area contributed by atoms with Gasteiger partial charge < -0.3 is 44.4 Å². The van der Waals surface area contributed by atoms with E-state index in [-0.39, 0.29) is 57.5 Å². The van der Waals surface area contributed by atoms with E-state index in [2.05, 4.69) is 71.4 Å². The van der Waals surface area contributed by atoms with Gasteiger partial charge in [-0.25, -0.2) is 47.7 Å². The molecule has 9 heterocycles. The highest BCUT2D eigenvalue weighted by atomic mass is 32.7. The fourth-order valence-corrected chi connectivity index (χ4v) is 14.8. The molecule has 13 rings (SSSR count). The summed E-state index contributed by atoms with van der Waals surface area (Å²) in [5.41, 5.74) is 19.8. The van der Waals surface area contributed by atoms with Crippen LogP contribution in [0.4, 0.5) is 26.0 Å². The van der Waals surface area contributed by atoms with E-state index >= 15 is 13.3 Å². The zero-order chi connectivity index (χ0) is 57.1. The van der Waals surface area contributed by atoms with Gasteiger partial charge in [0.1, 0.15) is 65.6 Å². The van der Waals surface area contributed by atoms with Crippen molar-refractivity contribution in [2.45, 2.75) is 68.1 Å². The summed E-state index contributed by atoms with van der Waals surface area (Å²) in [7, 11) is 3.42. The van der Waals surface area contributed by atoms with Gasteiger partial charge in [-0.15, -0.1) is 5.10 Å². The molecule has 0 spiro atoms. The molecule has 4 N–H and O–H groups in total. The van der Waals surface area contributed by atoms with E-state index in [1.54, 1.807) is 48.5 Å². The van der Waals surface area contributed by atoms with Crippen molar-refractivity contribution in [2.75, 3.05) is 43.2 Å². The van der Waals surface area contributed by atoms with E-state index in [0.29, 0.717) is 29.2 Å². The highest BCUT2D eigenvalue weighted by Crippen LogP contribution is 2.65. The number of nitrogens with two attached hydrogens (primary N) is 2. The first-order valence-electron chi connectivity index (χ1n) is 25.9. The summed E-state index contributed by atoms with van der Waals surface area (Å²) in [5.74, 6) is 0.0292. The molecule has 0 amide bonds. The second-order valence-corrected chi connectivity index (χ2v) is 25.3. The largest absolute Gasteiger partial charge is 0.492 e. The van der Waals surface area contributed by atoms with Gasteiger partial charge in [-0.3, -0.25) is 22.7 Å². The van der Waals surface area contributed by atoms with Crippen molar-refractivity contribution in [3.63, 3.8) is 0 Å². The average Bonchev–Trinajstić information content (AvgIpc) is 3.02. The minimum Gasteiger partial charge on any atom is -0.492 e. The minimum atomic E-state index is -4.72. The van der Waals surface area contributed by atoms with Gasteiger partial charge in [0.25, 0.3) is 7.47 Å². The first-order valence-corrected chi connectivity index (χ1v) is 30.7. The second kappa shape index (κ2) is 22.2. The zero-order valence-electron chi connectivity index (χ0n) is 43.7. The van der Waals surface area contributed by atoms with Gasteiger partial charge in [-0.05, 0) is 71.0 Å². The Hall–Kier alpha value is -7.65. The Morgan fingerprint density at radius 3 is 2.19 bits per heavy atom.